The van der Waals surface area contributed by atoms with Crippen molar-refractivity contribution in [3.8, 4) is 0 Å². The van der Waals surface area contributed by atoms with Gasteiger partial charge in [-0.1, -0.05) is 32.9 Å². The zero-order chi connectivity index (χ0) is 24.7. The molecular formula is C27H29N5O3. The largest absolute Gasteiger partial charge is 0.328 e. The highest BCUT2D eigenvalue weighted by molar-refractivity contribution is 6.04. The van der Waals surface area contributed by atoms with Crippen molar-refractivity contribution in [3.63, 3.8) is 0 Å². The molecule has 2 aromatic carbocycles. The molecule has 0 unspecified atom stereocenters. The van der Waals surface area contributed by atoms with Gasteiger partial charge >= 0.3 is 0 Å². The van der Waals surface area contributed by atoms with Gasteiger partial charge in [0.05, 0.1) is 18.8 Å². The zero-order valence-corrected chi connectivity index (χ0v) is 20.2. The summed E-state index contributed by atoms with van der Waals surface area (Å²) >= 11 is 0. The molecule has 35 heavy (non-hydrogen) atoms. The maximum Gasteiger partial charge on any atom is 0.256 e. The van der Waals surface area contributed by atoms with Crippen molar-refractivity contribution in [2.24, 2.45) is 0 Å². The summed E-state index contributed by atoms with van der Waals surface area (Å²) in [5.74, 6) is 0.294. The highest BCUT2D eigenvalue weighted by Crippen LogP contribution is 2.30. The molecule has 0 aliphatic carbocycles. The van der Waals surface area contributed by atoms with E-state index in [4.69, 9.17) is 0 Å². The summed E-state index contributed by atoms with van der Waals surface area (Å²) in [7, 11) is 0. The molecule has 2 aliphatic heterocycles. The summed E-state index contributed by atoms with van der Waals surface area (Å²) in [4.78, 5) is 41.3. The van der Waals surface area contributed by atoms with Crippen LogP contribution in [0.2, 0.25) is 0 Å². The van der Waals surface area contributed by atoms with Crippen LogP contribution in [-0.4, -0.2) is 39.4 Å². The van der Waals surface area contributed by atoms with E-state index < -0.39 is 0 Å². The van der Waals surface area contributed by atoms with Crippen LogP contribution in [0.4, 0.5) is 11.5 Å². The van der Waals surface area contributed by atoms with Gasteiger partial charge in [0.2, 0.25) is 5.91 Å². The molecule has 2 N–H and O–H groups in total. The van der Waals surface area contributed by atoms with Crippen molar-refractivity contribution >= 4 is 29.2 Å². The van der Waals surface area contributed by atoms with E-state index in [1.54, 1.807) is 21.9 Å². The van der Waals surface area contributed by atoms with Crippen molar-refractivity contribution in [1.82, 2.24) is 15.1 Å². The van der Waals surface area contributed by atoms with Crippen LogP contribution in [0.1, 0.15) is 71.1 Å². The fourth-order valence-electron chi connectivity index (χ4n) is 4.57. The first-order valence-electron chi connectivity index (χ1n) is 11.9. The molecule has 0 atom stereocenters. The monoisotopic (exact) mass is 471 g/mol. The maximum absolute atomic E-state index is 13.1. The fourth-order valence-corrected chi connectivity index (χ4v) is 4.57. The minimum absolute atomic E-state index is 0.0150. The number of H-pyrrole nitrogens is 1. The van der Waals surface area contributed by atoms with Gasteiger partial charge in [-0.2, -0.15) is 5.10 Å². The number of carbonyl (C=O) groups excluding carboxylic acids is 3. The fraction of sp³-hybridized carbons (Fsp3) is 0.333. The average Bonchev–Trinajstić information content (AvgIpc) is 3.55. The lowest BCUT2D eigenvalue weighted by molar-refractivity contribution is -0.117. The lowest BCUT2D eigenvalue weighted by Crippen LogP contribution is -2.26. The second-order valence-electron chi connectivity index (χ2n) is 10.2. The van der Waals surface area contributed by atoms with Crippen LogP contribution < -0.4 is 10.2 Å². The normalized spacial score (nSPS) is 15.5. The van der Waals surface area contributed by atoms with E-state index in [2.05, 4.69) is 36.3 Å². The number of nitrogens with zero attached hydrogens (tertiary/aromatic N) is 3. The van der Waals surface area contributed by atoms with Crippen LogP contribution in [0.15, 0.2) is 48.5 Å². The van der Waals surface area contributed by atoms with Gasteiger partial charge in [0.1, 0.15) is 5.82 Å². The Hall–Kier alpha value is -3.94. The van der Waals surface area contributed by atoms with Crippen LogP contribution in [0, 0.1) is 0 Å². The van der Waals surface area contributed by atoms with Gasteiger partial charge in [-0.15, -0.1) is 0 Å². The van der Waals surface area contributed by atoms with E-state index >= 15 is 0 Å². The van der Waals surface area contributed by atoms with E-state index in [1.807, 2.05) is 36.4 Å². The Bertz CT molecular complexity index is 1290. The Morgan fingerprint density at radius 1 is 0.971 bits per heavy atom. The second-order valence-corrected chi connectivity index (χ2v) is 10.2. The summed E-state index contributed by atoms with van der Waals surface area (Å²) < 4.78 is 0. The Kier molecular flexibility index (Phi) is 5.67. The summed E-state index contributed by atoms with van der Waals surface area (Å²) in [6.07, 6.45) is 1.43. The van der Waals surface area contributed by atoms with Gasteiger partial charge < -0.3 is 15.1 Å². The first kappa shape index (κ1) is 22.8. The molecule has 1 aromatic heterocycles. The van der Waals surface area contributed by atoms with Gasteiger partial charge in [0.15, 0.2) is 0 Å². The number of aromatic amines is 1. The third kappa shape index (κ3) is 4.43. The van der Waals surface area contributed by atoms with E-state index in [1.165, 1.54) is 0 Å². The summed E-state index contributed by atoms with van der Waals surface area (Å²) in [5, 5.41) is 10.1. The molecule has 8 nitrogen and oxygen atoms in total. The SMILES string of the molecule is CC(C)(C)c1ccc(C(=O)Nc2[nH]nc3c2CN(C(=O)c2ccc(N4CCCC4=O)cc2)C3)cc1. The van der Waals surface area contributed by atoms with Crippen molar-refractivity contribution in [2.75, 3.05) is 16.8 Å². The number of aromatic nitrogens is 2. The number of benzene rings is 2. The van der Waals surface area contributed by atoms with Crippen molar-refractivity contribution in [1.29, 1.82) is 0 Å². The number of nitrogens with one attached hydrogen (secondary N) is 2. The van der Waals surface area contributed by atoms with E-state index in [9.17, 15) is 14.4 Å². The summed E-state index contributed by atoms with van der Waals surface area (Å²) in [6.45, 7) is 7.83. The van der Waals surface area contributed by atoms with Gasteiger partial charge in [-0.25, -0.2) is 0 Å². The first-order chi connectivity index (χ1) is 16.7. The van der Waals surface area contributed by atoms with Gasteiger partial charge in [-0.3, -0.25) is 19.5 Å². The van der Waals surface area contributed by atoms with E-state index in [-0.39, 0.29) is 23.1 Å². The van der Waals surface area contributed by atoms with Crippen LogP contribution in [0.3, 0.4) is 0 Å². The number of amides is 3. The summed E-state index contributed by atoms with van der Waals surface area (Å²) in [5.41, 5.74) is 4.67. The molecule has 8 heteroatoms. The molecule has 0 bridgehead atoms. The molecule has 0 radical (unpaired) electrons. The highest BCUT2D eigenvalue weighted by Gasteiger charge is 2.30. The second kappa shape index (κ2) is 8.69. The third-order valence-electron chi connectivity index (χ3n) is 6.68. The molecule has 180 valence electrons. The number of fused-ring (bicyclic) bond motifs is 1. The number of anilines is 2. The van der Waals surface area contributed by atoms with Crippen LogP contribution in [0.25, 0.3) is 0 Å². The Morgan fingerprint density at radius 2 is 1.66 bits per heavy atom. The topological polar surface area (TPSA) is 98.4 Å². The Morgan fingerprint density at radius 3 is 2.29 bits per heavy atom. The highest BCUT2D eigenvalue weighted by atomic mass is 16.2. The molecule has 3 aromatic rings. The number of rotatable bonds is 4. The molecule has 1 saturated heterocycles. The molecule has 3 amide bonds. The van der Waals surface area contributed by atoms with Crippen LogP contribution >= 0.6 is 0 Å². The molecule has 3 heterocycles. The predicted octanol–water partition coefficient (Wildman–Crippen LogP) is 4.24. The molecule has 1 fully saturated rings. The minimum atomic E-state index is -0.228. The first-order valence-corrected chi connectivity index (χ1v) is 11.9. The lowest BCUT2D eigenvalue weighted by atomic mass is 9.87. The Labute approximate surface area is 204 Å². The maximum atomic E-state index is 13.1. The quantitative estimate of drug-likeness (QED) is 0.595. The van der Waals surface area contributed by atoms with Crippen molar-refractivity contribution in [3.05, 3.63) is 76.5 Å². The van der Waals surface area contributed by atoms with Gasteiger partial charge in [-0.05, 0) is 53.8 Å². The Balaban J connectivity index is 1.25. The molecule has 0 spiro atoms. The third-order valence-corrected chi connectivity index (χ3v) is 6.68. The van der Waals surface area contributed by atoms with Gasteiger partial charge in [0, 0.05) is 35.3 Å². The van der Waals surface area contributed by atoms with E-state index in [0.717, 1.165) is 28.9 Å². The lowest BCUT2D eigenvalue weighted by Gasteiger charge is -2.19. The zero-order valence-electron chi connectivity index (χ0n) is 20.2. The standard InChI is InChI=1S/C27H29N5O3/c1-27(2,3)19-10-6-17(7-11-19)25(34)28-24-21-15-31(16-22(21)29-30-24)26(35)18-8-12-20(13-9-18)32-14-4-5-23(32)33/h6-13H,4-5,14-16H2,1-3H3,(H2,28,29,30,34). The number of hydrogen-bond acceptors (Lipinski definition) is 4. The van der Waals surface area contributed by atoms with Crippen molar-refractivity contribution in [2.45, 2.75) is 52.1 Å². The minimum Gasteiger partial charge on any atom is -0.328 e. The van der Waals surface area contributed by atoms with Crippen LogP contribution in [-0.2, 0) is 23.3 Å². The molecule has 0 saturated carbocycles. The summed E-state index contributed by atoms with van der Waals surface area (Å²) in [6, 6.07) is 14.7. The predicted molar refractivity (Wildman–Crippen MR) is 133 cm³/mol. The number of hydrogen-bond donors (Lipinski definition) is 2. The van der Waals surface area contributed by atoms with Gasteiger partial charge in [0.25, 0.3) is 11.8 Å². The average molecular weight is 472 g/mol. The smallest absolute Gasteiger partial charge is 0.256 e. The van der Waals surface area contributed by atoms with E-state index in [0.29, 0.717) is 43.0 Å². The van der Waals surface area contributed by atoms with Crippen LogP contribution in [0.5, 0.6) is 0 Å². The molecular weight excluding hydrogens is 442 g/mol. The molecule has 2 aliphatic rings. The number of carbonyl (C=O) groups is 3. The molecule has 5 rings (SSSR count). The van der Waals surface area contributed by atoms with Crippen molar-refractivity contribution < 1.29 is 14.4 Å².